The molecular weight excluding hydrogens is 497 g/mol. The van der Waals surface area contributed by atoms with Crippen LogP contribution in [0.4, 0.5) is 32.4 Å². The molecule has 2 aliphatic heterocycles. The van der Waals surface area contributed by atoms with Gasteiger partial charge in [0.25, 0.3) is 0 Å². The molecule has 0 radical (unpaired) electrons. The second-order valence-corrected chi connectivity index (χ2v) is 9.01. The summed E-state index contributed by atoms with van der Waals surface area (Å²) < 4.78 is 80.5. The number of hydrogen-bond donors (Lipinski definition) is 3. The molecule has 6 nitrogen and oxygen atoms in total. The number of carbonyl (C=O) groups excluding carboxylic acids is 1. The Morgan fingerprint density at radius 1 is 1.20 bits per heavy atom. The van der Waals surface area contributed by atoms with Crippen LogP contribution in [0.1, 0.15) is 31.7 Å². The Balaban J connectivity index is 1.55. The molecule has 2 aromatic rings. The highest BCUT2D eigenvalue weighted by Crippen LogP contribution is 2.53. The number of piperidine rings is 1. The molecule has 2 aromatic carbocycles. The lowest BCUT2D eigenvalue weighted by Gasteiger charge is -2.44. The van der Waals surface area contributed by atoms with E-state index < -0.39 is 47.3 Å². The van der Waals surface area contributed by atoms with Crippen LogP contribution in [0.5, 0.6) is 5.75 Å². The molecular formula is C23H23ClF5N3O3. The molecule has 3 N–H and O–H groups in total. The van der Waals surface area contributed by atoms with Gasteiger partial charge in [-0.25, -0.2) is 13.6 Å². The molecule has 2 amide bonds. The third-order valence-corrected chi connectivity index (χ3v) is 6.35. The van der Waals surface area contributed by atoms with E-state index in [1.165, 1.54) is 12.1 Å². The maximum Gasteiger partial charge on any atom is 0.421 e. The summed E-state index contributed by atoms with van der Waals surface area (Å²) >= 11 is 5.72. The molecule has 0 spiro atoms. The summed E-state index contributed by atoms with van der Waals surface area (Å²) in [5.74, 6) is -1.81. The van der Waals surface area contributed by atoms with Crippen molar-refractivity contribution in [3.8, 4) is 5.75 Å². The molecule has 4 unspecified atom stereocenters. The molecule has 4 rings (SSSR count). The SMILES string of the molecule is CC1CCC(NC(=O)Nc2ccc(Cl)cc2F)C(Oc2ccc(F)cc2C2(C(F)(F)F)CCO2)N1. The number of anilines is 1. The van der Waals surface area contributed by atoms with Gasteiger partial charge in [-0.15, -0.1) is 0 Å². The van der Waals surface area contributed by atoms with Gasteiger partial charge in [-0.05, 0) is 56.2 Å². The molecule has 2 fully saturated rings. The van der Waals surface area contributed by atoms with Crippen LogP contribution in [-0.4, -0.2) is 37.1 Å². The van der Waals surface area contributed by atoms with Crippen molar-refractivity contribution in [2.45, 2.75) is 56.3 Å². The van der Waals surface area contributed by atoms with Crippen LogP contribution < -0.4 is 20.7 Å². The number of alkyl halides is 3. The van der Waals surface area contributed by atoms with E-state index in [0.717, 1.165) is 24.3 Å². The van der Waals surface area contributed by atoms with E-state index in [0.29, 0.717) is 12.8 Å². The van der Waals surface area contributed by atoms with E-state index in [9.17, 15) is 26.7 Å². The minimum Gasteiger partial charge on any atom is -0.473 e. The van der Waals surface area contributed by atoms with Gasteiger partial charge in [0.05, 0.1) is 18.3 Å². The molecule has 190 valence electrons. The minimum atomic E-state index is -4.79. The molecule has 35 heavy (non-hydrogen) atoms. The fourth-order valence-electron chi connectivity index (χ4n) is 4.19. The van der Waals surface area contributed by atoms with Gasteiger partial charge >= 0.3 is 12.2 Å². The molecule has 4 atom stereocenters. The molecule has 0 saturated carbocycles. The van der Waals surface area contributed by atoms with Crippen molar-refractivity contribution in [3.05, 3.63) is 58.6 Å². The first-order valence-electron chi connectivity index (χ1n) is 10.9. The lowest BCUT2D eigenvalue weighted by molar-refractivity contribution is -0.334. The van der Waals surface area contributed by atoms with Crippen LogP contribution in [0.15, 0.2) is 36.4 Å². The summed E-state index contributed by atoms with van der Waals surface area (Å²) in [7, 11) is 0. The lowest BCUT2D eigenvalue weighted by atomic mass is 9.85. The quantitative estimate of drug-likeness (QED) is 0.459. The molecule has 0 aromatic heterocycles. The van der Waals surface area contributed by atoms with Crippen LogP contribution >= 0.6 is 11.6 Å². The van der Waals surface area contributed by atoms with Gasteiger partial charge < -0.3 is 20.1 Å². The number of carbonyl (C=O) groups is 1. The van der Waals surface area contributed by atoms with E-state index in [2.05, 4.69) is 16.0 Å². The van der Waals surface area contributed by atoms with Crippen molar-refractivity contribution < 1.29 is 36.2 Å². The average molecular weight is 520 g/mol. The predicted octanol–water partition coefficient (Wildman–Crippen LogP) is 5.46. The molecule has 0 aliphatic carbocycles. The minimum absolute atomic E-state index is 0.0738. The zero-order valence-corrected chi connectivity index (χ0v) is 19.3. The Bertz CT molecular complexity index is 1100. The third-order valence-electron chi connectivity index (χ3n) is 6.11. The van der Waals surface area contributed by atoms with E-state index in [4.69, 9.17) is 21.1 Å². The predicted molar refractivity (Wildman–Crippen MR) is 118 cm³/mol. The van der Waals surface area contributed by atoms with Gasteiger partial charge in [0.2, 0.25) is 0 Å². The zero-order valence-electron chi connectivity index (χ0n) is 18.5. The number of benzene rings is 2. The normalized spacial score (nSPS) is 26.5. The Morgan fingerprint density at radius 2 is 1.94 bits per heavy atom. The number of rotatable bonds is 5. The average Bonchev–Trinajstić information content (AvgIpc) is 2.72. The largest absolute Gasteiger partial charge is 0.473 e. The van der Waals surface area contributed by atoms with Gasteiger partial charge in [-0.2, -0.15) is 13.2 Å². The van der Waals surface area contributed by atoms with Gasteiger partial charge in [0.15, 0.2) is 11.8 Å². The van der Waals surface area contributed by atoms with E-state index in [-0.39, 0.29) is 35.5 Å². The van der Waals surface area contributed by atoms with Crippen LogP contribution in [0, 0.1) is 11.6 Å². The fraction of sp³-hybridized carbons (Fsp3) is 0.435. The second-order valence-electron chi connectivity index (χ2n) is 8.58. The molecule has 12 heteroatoms. The number of hydrogen-bond acceptors (Lipinski definition) is 4. The summed E-state index contributed by atoms with van der Waals surface area (Å²) in [5.41, 5.74) is -3.24. The van der Waals surface area contributed by atoms with Crippen LogP contribution in [-0.2, 0) is 10.3 Å². The van der Waals surface area contributed by atoms with E-state index in [1.54, 1.807) is 0 Å². The highest BCUT2D eigenvalue weighted by Gasteiger charge is 2.62. The standard InChI is InChI=1S/C23H23ClF5N3O3/c1-12-2-5-18(32-21(33)31-17-6-3-13(24)10-16(17)26)20(30-12)35-19-7-4-14(25)11-15(19)22(8-9-34-22)23(27,28)29/h3-4,6-7,10-12,18,20,30H,2,5,8-9H2,1H3,(H2,31,32,33). The maximum absolute atomic E-state index is 14.0. The van der Waals surface area contributed by atoms with Crippen LogP contribution in [0.3, 0.4) is 0 Å². The maximum atomic E-state index is 14.0. The lowest BCUT2D eigenvalue weighted by Crippen LogP contribution is -2.59. The summed E-state index contributed by atoms with van der Waals surface area (Å²) in [5, 5.41) is 8.30. The first-order chi connectivity index (χ1) is 16.5. The highest BCUT2D eigenvalue weighted by atomic mass is 35.5. The number of halogens is 6. The van der Waals surface area contributed by atoms with Crippen molar-refractivity contribution in [3.63, 3.8) is 0 Å². The number of nitrogens with one attached hydrogen (secondary N) is 3. The van der Waals surface area contributed by atoms with Crippen molar-refractivity contribution >= 4 is 23.3 Å². The molecule has 2 saturated heterocycles. The summed E-state index contributed by atoms with van der Waals surface area (Å²) in [4.78, 5) is 12.5. The molecule has 2 aliphatic rings. The first kappa shape index (κ1) is 25.5. The number of ether oxygens (including phenoxy) is 2. The van der Waals surface area contributed by atoms with Gasteiger partial charge in [-0.1, -0.05) is 11.6 Å². The summed E-state index contributed by atoms with van der Waals surface area (Å²) in [6.45, 7) is 1.73. The first-order valence-corrected chi connectivity index (χ1v) is 11.3. The third kappa shape index (κ3) is 5.31. The van der Waals surface area contributed by atoms with Gasteiger partial charge in [0.1, 0.15) is 17.4 Å². The topological polar surface area (TPSA) is 71.6 Å². The number of amides is 2. The Kier molecular flexibility index (Phi) is 7.12. The van der Waals surface area contributed by atoms with E-state index in [1.807, 2.05) is 6.92 Å². The van der Waals surface area contributed by atoms with Crippen molar-refractivity contribution in [1.82, 2.24) is 10.6 Å². The van der Waals surface area contributed by atoms with E-state index >= 15 is 0 Å². The Morgan fingerprint density at radius 3 is 2.57 bits per heavy atom. The monoisotopic (exact) mass is 519 g/mol. The van der Waals surface area contributed by atoms with Crippen molar-refractivity contribution in [2.24, 2.45) is 0 Å². The van der Waals surface area contributed by atoms with Crippen LogP contribution in [0.25, 0.3) is 0 Å². The molecule has 2 heterocycles. The Labute approximate surface area is 203 Å². The fourth-order valence-corrected chi connectivity index (χ4v) is 4.35. The van der Waals surface area contributed by atoms with Crippen molar-refractivity contribution in [2.75, 3.05) is 11.9 Å². The summed E-state index contributed by atoms with van der Waals surface area (Å²) in [6.07, 6.45) is -5.06. The van der Waals surface area contributed by atoms with Gasteiger partial charge in [0, 0.05) is 23.0 Å². The number of urea groups is 1. The molecule has 0 bridgehead atoms. The smallest absolute Gasteiger partial charge is 0.421 e. The van der Waals surface area contributed by atoms with Crippen molar-refractivity contribution in [1.29, 1.82) is 0 Å². The summed E-state index contributed by atoms with van der Waals surface area (Å²) in [6, 6.07) is 5.10. The highest BCUT2D eigenvalue weighted by molar-refractivity contribution is 6.30. The van der Waals surface area contributed by atoms with Crippen LogP contribution in [0.2, 0.25) is 5.02 Å². The second kappa shape index (κ2) is 9.79. The van der Waals surface area contributed by atoms with Gasteiger partial charge in [-0.3, -0.25) is 5.32 Å². The zero-order chi connectivity index (χ0) is 25.4. The Hall–Kier alpha value is -2.63.